The molecule has 1 aromatic carbocycles. The smallest absolute Gasteiger partial charge is 0.255 e. The van der Waals surface area contributed by atoms with Gasteiger partial charge in [0.15, 0.2) is 0 Å². The van der Waals surface area contributed by atoms with Gasteiger partial charge < -0.3 is 10.4 Å². The lowest BCUT2D eigenvalue weighted by atomic mass is 10.2. The summed E-state index contributed by atoms with van der Waals surface area (Å²) in [6, 6.07) is 5.14. The van der Waals surface area contributed by atoms with Crippen LogP contribution in [0.1, 0.15) is 16.8 Å². The number of halogens is 1. The van der Waals surface area contributed by atoms with Crippen molar-refractivity contribution in [1.82, 2.24) is 15.1 Å². The minimum absolute atomic E-state index is 0.0699. The van der Waals surface area contributed by atoms with Crippen molar-refractivity contribution in [2.24, 2.45) is 0 Å². The highest BCUT2D eigenvalue weighted by molar-refractivity contribution is 5.96. The predicted octanol–water partition coefficient (Wildman–Crippen LogP) is 1.55. The van der Waals surface area contributed by atoms with Crippen molar-refractivity contribution in [2.45, 2.75) is 13.0 Å². The normalized spacial score (nSPS) is 10.4. The summed E-state index contributed by atoms with van der Waals surface area (Å²) in [5.41, 5.74) is 0.0699. The van der Waals surface area contributed by atoms with Crippen molar-refractivity contribution in [3.63, 3.8) is 0 Å². The number of phenolic OH excluding ortho intramolecular Hbond substituents is 1. The maximum atomic E-state index is 12.8. The second-order valence-corrected chi connectivity index (χ2v) is 4.04. The number of aromatic hydroxyl groups is 1. The minimum Gasteiger partial charge on any atom is -0.507 e. The van der Waals surface area contributed by atoms with Crippen molar-refractivity contribution in [3.05, 3.63) is 48.0 Å². The number of aryl methyl sites for hydroxylation is 1. The van der Waals surface area contributed by atoms with Gasteiger partial charge >= 0.3 is 0 Å². The average Bonchev–Trinajstić information content (AvgIpc) is 2.87. The summed E-state index contributed by atoms with van der Waals surface area (Å²) in [5, 5.41) is 16.1. The van der Waals surface area contributed by atoms with Crippen LogP contribution in [0.4, 0.5) is 4.39 Å². The molecular weight excluding hydrogens is 249 g/mol. The van der Waals surface area contributed by atoms with Crippen molar-refractivity contribution in [1.29, 1.82) is 0 Å². The van der Waals surface area contributed by atoms with Gasteiger partial charge in [-0.15, -0.1) is 0 Å². The molecule has 0 saturated carbocycles. The van der Waals surface area contributed by atoms with E-state index >= 15 is 0 Å². The van der Waals surface area contributed by atoms with Crippen molar-refractivity contribution in [2.75, 3.05) is 6.54 Å². The van der Waals surface area contributed by atoms with Crippen LogP contribution in [0.5, 0.6) is 5.75 Å². The molecule has 0 atom stereocenters. The topological polar surface area (TPSA) is 67.2 Å². The van der Waals surface area contributed by atoms with Gasteiger partial charge in [-0.25, -0.2) is 4.39 Å². The Morgan fingerprint density at radius 2 is 2.32 bits per heavy atom. The number of carbonyl (C=O) groups is 1. The summed E-state index contributed by atoms with van der Waals surface area (Å²) in [6.07, 6.45) is 4.25. The Morgan fingerprint density at radius 1 is 1.47 bits per heavy atom. The summed E-state index contributed by atoms with van der Waals surface area (Å²) in [4.78, 5) is 11.7. The van der Waals surface area contributed by atoms with Gasteiger partial charge in [-0.1, -0.05) is 0 Å². The van der Waals surface area contributed by atoms with E-state index in [0.717, 1.165) is 18.6 Å². The van der Waals surface area contributed by atoms with Crippen LogP contribution in [0.25, 0.3) is 0 Å². The zero-order chi connectivity index (χ0) is 13.7. The van der Waals surface area contributed by atoms with Crippen LogP contribution in [-0.2, 0) is 6.54 Å². The highest BCUT2D eigenvalue weighted by atomic mass is 19.1. The lowest BCUT2D eigenvalue weighted by Crippen LogP contribution is -2.25. The van der Waals surface area contributed by atoms with Gasteiger partial charge in [0.25, 0.3) is 5.91 Å². The first kappa shape index (κ1) is 13.1. The van der Waals surface area contributed by atoms with Crippen LogP contribution in [0.15, 0.2) is 36.7 Å². The highest BCUT2D eigenvalue weighted by Gasteiger charge is 2.10. The van der Waals surface area contributed by atoms with Crippen molar-refractivity contribution >= 4 is 5.91 Å². The Labute approximate surface area is 109 Å². The molecule has 19 heavy (non-hydrogen) atoms. The molecule has 2 rings (SSSR count). The van der Waals surface area contributed by atoms with Crippen molar-refractivity contribution < 1.29 is 14.3 Å². The number of nitrogens with one attached hydrogen (secondary N) is 1. The third-order valence-corrected chi connectivity index (χ3v) is 2.61. The molecule has 0 unspecified atom stereocenters. The molecule has 1 aromatic heterocycles. The van der Waals surface area contributed by atoms with Crippen LogP contribution >= 0.6 is 0 Å². The molecule has 0 aliphatic rings. The molecule has 1 heterocycles. The fourth-order valence-corrected chi connectivity index (χ4v) is 1.67. The molecule has 0 radical (unpaired) electrons. The Hall–Kier alpha value is -2.37. The number of amides is 1. The van der Waals surface area contributed by atoms with E-state index in [4.69, 9.17) is 0 Å². The molecule has 2 N–H and O–H groups in total. The minimum atomic E-state index is -0.576. The molecule has 2 aromatic rings. The Bertz CT molecular complexity index is 555. The van der Waals surface area contributed by atoms with Crippen LogP contribution in [0, 0.1) is 5.82 Å². The Morgan fingerprint density at radius 3 is 3.00 bits per heavy atom. The summed E-state index contributed by atoms with van der Waals surface area (Å²) >= 11 is 0. The van der Waals surface area contributed by atoms with Gasteiger partial charge in [0.2, 0.25) is 0 Å². The first-order valence-corrected chi connectivity index (χ1v) is 5.91. The molecule has 0 fully saturated rings. The first-order chi connectivity index (χ1) is 9.16. The van der Waals surface area contributed by atoms with Crippen LogP contribution in [0.3, 0.4) is 0 Å². The van der Waals surface area contributed by atoms with E-state index in [1.54, 1.807) is 10.9 Å². The fraction of sp³-hybridized carbons (Fsp3) is 0.231. The Balaban J connectivity index is 1.81. The summed E-state index contributed by atoms with van der Waals surface area (Å²) in [5.74, 6) is -1.35. The number of aromatic nitrogens is 2. The maximum Gasteiger partial charge on any atom is 0.255 e. The lowest BCUT2D eigenvalue weighted by molar-refractivity contribution is 0.0950. The monoisotopic (exact) mass is 263 g/mol. The number of carbonyl (C=O) groups excluding carboxylic acids is 1. The average molecular weight is 263 g/mol. The number of nitrogens with zero attached hydrogens (tertiary/aromatic N) is 2. The number of hydrogen-bond acceptors (Lipinski definition) is 3. The molecule has 5 nitrogen and oxygen atoms in total. The van der Waals surface area contributed by atoms with Gasteiger partial charge in [0, 0.05) is 31.5 Å². The van der Waals surface area contributed by atoms with Gasteiger partial charge in [0.05, 0.1) is 5.56 Å². The number of rotatable bonds is 5. The zero-order valence-electron chi connectivity index (χ0n) is 10.2. The van der Waals surface area contributed by atoms with E-state index in [-0.39, 0.29) is 11.3 Å². The van der Waals surface area contributed by atoms with E-state index in [2.05, 4.69) is 10.4 Å². The molecule has 0 aliphatic heterocycles. The van der Waals surface area contributed by atoms with Gasteiger partial charge in [0.1, 0.15) is 11.6 Å². The second-order valence-electron chi connectivity index (χ2n) is 4.04. The van der Waals surface area contributed by atoms with Crippen LogP contribution in [-0.4, -0.2) is 27.3 Å². The van der Waals surface area contributed by atoms with Crippen molar-refractivity contribution in [3.8, 4) is 5.75 Å². The molecule has 0 aliphatic carbocycles. The number of phenols is 1. The summed E-state index contributed by atoms with van der Waals surface area (Å²) in [7, 11) is 0. The van der Waals surface area contributed by atoms with E-state index in [0.29, 0.717) is 13.1 Å². The molecule has 1 amide bonds. The maximum absolute atomic E-state index is 12.8. The number of benzene rings is 1. The standard InChI is InChI=1S/C13H14FN3O2/c14-10-3-4-11(12(18)9-10)13(19)15-5-1-7-17-8-2-6-16-17/h2-4,6,8-9,18H,1,5,7H2,(H,15,19). The largest absolute Gasteiger partial charge is 0.507 e. The van der Waals surface area contributed by atoms with E-state index < -0.39 is 11.7 Å². The number of hydrogen-bond donors (Lipinski definition) is 2. The van der Waals surface area contributed by atoms with E-state index in [1.165, 1.54) is 6.07 Å². The molecule has 6 heteroatoms. The molecule has 0 bridgehead atoms. The highest BCUT2D eigenvalue weighted by Crippen LogP contribution is 2.17. The Kier molecular flexibility index (Phi) is 4.12. The summed E-state index contributed by atoms with van der Waals surface area (Å²) < 4.78 is 14.5. The zero-order valence-corrected chi connectivity index (χ0v) is 10.2. The predicted molar refractivity (Wildman–Crippen MR) is 67.2 cm³/mol. The third kappa shape index (κ3) is 3.54. The van der Waals surface area contributed by atoms with E-state index in [1.807, 2.05) is 12.3 Å². The SMILES string of the molecule is O=C(NCCCn1cccn1)c1ccc(F)cc1O. The van der Waals surface area contributed by atoms with E-state index in [9.17, 15) is 14.3 Å². The molecule has 0 saturated heterocycles. The van der Waals surface area contributed by atoms with Gasteiger partial charge in [-0.05, 0) is 24.6 Å². The van der Waals surface area contributed by atoms with Crippen LogP contribution < -0.4 is 5.32 Å². The molecule has 100 valence electrons. The molecular formula is C13H14FN3O2. The second kappa shape index (κ2) is 5.99. The summed E-state index contributed by atoms with van der Waals surface area (Å²) in [6.45, 7) is 1.15. The molecule has 0 spiro atoms. The fourth-order valence-electron chi connectivity index (χ4n) is 1.67. The lowest BCUT2D eigenvalue weighted by Gasteiger charge is -2.07. The quantitative estimate of drug-likeness (QED) is 0.804. The van der Waals surface area contributed by atoms with Gasteiger partial charge in [-0.2, -0.15) is 5.10 Å². The third-order valence-electron chi connectivity index (χ3n) is 2.61. The van der Waals surface area contributed by atoms with Crippen LogP contribution in [0.2, 0.25) is 0 Å². The first-order valence-electron chi connectivity index (χ1n) is 5.91. The van der Waals surface area contributed by atoms with Gasteiger partial charge in [-0.3, -0.25) is 9.48 Å².